The second-order valence-electron chi connectivity index (χ2n) is 3.28. The molecule has 0 fully saturated rings. The normalized spacial score (nSPS) is 12.5. The summed E-state index contributed by atoms with van der Waals surface area (Å²) in [5, 5.41) is 17.7. The second kappa shape index (κ2) is 6.82. The molecule has 0 radical (unpaired) electrons. The van der Waals surface area contributed by atoms with E-state index >= 15 is 0 Å². The minimum absolute atomic E-state index is 0.182. The van der Waals surface area contributed by atoms with E-state index in [1.54, 1.807) is 0 Å². The number of halogens is 1. The first-order chi connectivity index (χ1) is 7.22. The van der Waals surface area contributed by atoms with Crippen LogP contribution in [0.15, 0.2) is 28.7 Å². The number of aliphatic hydroxyl groups is 2. The van der Waals surface area contributed by atoms with E-state index in [1.165, 1.54) is 0 Å². The summed E-state index contributed by atoms with van der Waals surface area (Å²) in [7, 11) is 0. The van der Waals surface area contributed by atoms with E-state index in [0.29, 0.717) is 13.0 Å². The van der Waals surface area contributed by atoms with Gasteiger partial charge in [0.05, 0.1) is 19.3 Å². The Kier molecular flexibility index (Phi) is 5.68. The minimum atomic E-state index is -0.626. The third kappa shape index (κ3) is 5.16. The lowest BCUT2D eigenvalue weighted by molar-refractivity contribution is 0.0828. The Bertz CT molecular complexity index is 274. The fourth-order valence-electron chi connectivity index (χ4n) is 1.13. The number of hydrogen-bond acceptors (Lipinski definition) is 3. The van der Waals surface area contributed by atoms with Crippen molar-refractivity contribution in [3.63, 3.8) is 0 Å². The van der Waals surface area contributed by atoms with Crippen LogP contribution < -0.4 is 4.74 Å². The van der Waals surface area contributed by atoms with Crippen LogP contribution in [-0.4, -0.2) is 29.5 Å². The van der Waals surface area contributed by atoms with Gasteiger partial charge in [-0.25, -0.2) is 0 Å². The van der Waals surface area contributed by atoms with Crippen molar-refractivity contribution in [2.24, 2.45) is 0 Å². The van der Waals surface area contributed by atoms with E-state index in [-0.39, 0.29) is 6.61 Å². The maximum absolute atomic E-state index is 9.08. The molecule has 0 bridgehead atoms. The molecule has 84 valence electrons. The Morgan fingerprint density at radius 3 is 2.53 bits per heavy atom. The molecule has 2 N–H and O–H groups in total. The van der Waals surface area contributed by atoms with Crippen molar-refractivity contribution >= 4 is 15.9 Å². The Morgan fingerprint density at radius 1 is 1.27 bits per heavy atom. The van der Waals surface area contributed by atoms with Crippen LogP contribution >= 0.6 is 15.9 Å². The molecule has 15 heavy (non-hydrogen) atoms. The van der Waals surface area contributed by atoms with Gasteiger partial charge in [0.25, 0.3) is 0 Å². The monoisotopic (exact) mass is 274 g/mol. The van der Waals surface area contributed by atoms with Crippen molar-refractivity contribution in [1.29, 1.82) is 0 Å². The molecule has 0 aliphatic carbocycles. The van der Waals surface area contributed by atoms with Gasteiger partial charge in [-0.15, -0.1) is 0 Å². The van der Waals surface area contributed by atoms with Crippen LogP contribution in [0.4, 0.5) is 0 Å². The smallest absolute Gasteiger partial charge is 0.119 e. The lowest BCUT2D eigenvalue weighted by Crippen LogP contribution is -2.13. The fraction of sp³-hybridized carbons (Fsp3) is 0.455. The average Bonchev–Trinajstić information content (AvgIpc) is 2.26. The van der Waals surface area contributed by atoms with Gasteiger partial charge in [-0.1, -0.05) is 15.9 Å². The standard InChI is InChI=1S/C11H15BrO3/c12-9-3-5-11(6-4-9)15-7-1-2-10(14)8-13/h3-6,10,13-14H,1-2,7-8H2/t10-/m1/s1. The SMILES string of the molecule is OC[C@H](O)CCCOc1ccc(Br)cc1. The molecule has 1 rings (SSSR count). The van der Waals surface area contributed by atoms with Crippen molar-refractivity contribution in [2.75, 3.05) is 13.2 Å². The first-order valence-corrected chi connectivity index (χ1v) is 5.69. The lowest BCUT2D eigenvalue weighted by Gasteiger charge is -2.08. The van der Waals surface area contributed by atoms with Gasteiger partial charge in [0.15, 0.2) is 0 Å². The van der Waals surface area contributed by atoms with Crippen molar-refractivity contribution in [1.82, 2.24) is 0 Å². The maximum atomic E-state index is 9.08. The van der Waals surface area contributed by atoms with Gasteiger partial charge in [0.2, 0.25) is 0 Å². The molecule has 1 aromatic carbocycles. The van der Waals surface area contributed by atoms with Crippen LogP contribution in [0.3, 0.4) is 0 Å². The molecule has 0 unspecified atom stereocenters. The predicted molar refractivity (Wildman–Crippen MR) is 62.0 cm³/mol. The molecule has 0 spiro atoms. The van der Waals surface area contributed by atoms with Crippen LogP contribution in [0, 0.1) is 0 Å². The number of benzene rings is 1. The van der Waals surface area contributed by atoms with Crippen LogP contribution in [0.2, 0.25) is 0 Å². The molecule has 1 aromatic rings. The van der Waals surface area contributed by atoms with E-state index in [9.17, 15) is 0 Å². The molecule has 0 amide bonds. The zero-order chi connectivity index (χ0) is 11.1. The Balaban J connectivity index is 2.17. The van der Waals surface area contributed by atoms with Crippen molar-refractivity contribution < 1.29 is 14.9 Å². The minimum Gasteiger partial charge on any atom is -0.494 e. The quantitative estimate of drug-likeness (QED) is 0.780. The highest BCUT2D eigenvalue weighted by atomic mass is 79.9. The predicted octanol–water partition coefficient (Wildman–Crippen LogP) is 1.96. The summed E-state index contributed by atoms with van der Waals surface area (Å²) in [6, 6.07) is 7.59. The second-order valence-corrected chi connectivity index (χ2v) is 4.20. The van der Waals surface area contributed by atoms with Gasteiger partial charge in [-0.05, 0) is 37.1 Å². The highest BCUT2D eigenvalue weighted by molar-refractivity contribution is 9.10. The Labute approximate surface area is 97.8 Å². The molecule has 1 atom stereocenters. The molecule has 0 aliphatic rings. The van der Waals surface area contributed by atoms with E-state index in [1.807, 2.05) is 24.3 Å². The van der Waals surface area contributed by atoms with Gasteiger partial charge < -0.3 is 14.9 Å². The molecule has 3 nitrogen and oxygen atoms in total. The number of aliphatic hydroxyl groups excluding tert-OH is 2. The molecule has 0 saturated heterocycles. The first-order valence-electron chi connectivity index (χ1n) is 4.89. The molecule has 0 heterocycles. The van der Waals surface area contributed by atoms with Crippen LogP contribution in [0.1, 0.15) is 12.8 Å². The van der Waals surface area contributed by atoms with Crippen LogP contribution in [0.25, 0.3) is 0 Å². The van der Waals surface area contributed by atoms with Crippen molar-refractivity contribution in [3.8, 4) is 5.75 Å². The van der Waals surface area contributed by atoms with Crippen LogP contribution in [-0.2, 0) is 0 Å². The Morgan fingerprint density at radius 2 is 1.93 bits per heavy atom. The number of hydrogen-bond donors (Lipinski definition) is 2. The molecule has 0 aromatic heterocycles. The van der Waals surface area contributed by atoms with Gasteiger partial charge in [-0.2, -0.15) is 0 Å². The summed E-state index contributed by atoms with van der Waals surface area (Å²) in [4.78, 5) is 0. The van der Waals surface area contributed by atoms with E-state index in [4.69, 9.17) is 14.9 Å². The van der Waals surface area contributed by atoms with Crippen molar-refractivity contribution in [2.45, 2.75) is 18.9 Å². The molecule has 0 aliphatic heterocycles. The van der Waals surface area contributed by atoms with E-state index in [0.717, 1.165) is 16.6 Å². The number of rotatable bonds is 6. The highest BCUT2D eigenvalue weighted by Gasteiger charge is 2.01. The highest BCUT2D eigenvalue weighted by Crippen LogP contribution is 2.16. The topological polar surface area (TPSA) is 49.7 Å². The summed E-state index contributed by atoms with van der Waals surface area (Å²) in [5.74, 6) is 0.816. The van der Waals surface area contributed by atoms with E-state index < -0.39 is 6.10 Å². The van der Waals surface area contributed by atoms with Gasteiger partial charge in [-0.3, -0.25) is 0 Å². The number of ether oxygens (including phenoxy) is 1. The average molecular weight is 275 g/mol. The summed E-state index contributed by atoms with van der Waals surface area (Å²) < 4.78 is 6.46. The maximum Gasteiger partial charge on any atom is 0.119 e. The van der Waals surface area contributed by atoms with Gasteiger partial charge in [0, 0.05) is 4.47 Å². The third-order valence-electron chi connectivity index (χ3n) is 1.97. The molecular formula is C11H15BrO3. The Hall–Kier alpha value is -0.580. The zero-order valence-corrected chi connectivity index (χ0v) is 9.98. The van der Waals surface area contributed by atoms with Crippen LogP contribution in [0.5, 0.6) is 5.75 Å². The molecular weight excluding hydrogens is 260 g/mol. The first kappa shape index (κ1) is 12.5. The summed E-state index contributed by atoms with van der Waals surface area (Å²) >= 11 is 3.34. The van der Waals surface area contributed by atoms with E-state index in [2.05, 4.69) is 15.9 Å². The summed E-state index contributed by atoms with van der Waals surface area (Å²) in [6.45, 7) is 0.372. The zero-order valence-electron chi connectivity index (χ0n) is 8.40. The largest absolute Gasteiger partial charge is 0.494 e. The molecule has 4 heteroatoms. The fourth-order valence-corrected chi connectivity index (χ4v) is 1.40. The molecule has 0 saturated carbocycles. The van der Waals surface area contributed by atoms with Crippen molar-refractivity contribution in [3.05, 3.63) is 28.7 Å². The summed E-state index contributed by atoms with van der Waals surface area (Å²) in [6.07, 6.45) is 0.670. The van der Waals surface area contributed by atoms with Gasteiger partial charge in [0.1, 0.15) is 5.75 Å². The lowest BCUT2D eigenvalue weighted by atomic mass is 10.2. The van der Waals surface area contributed by atoms with Gasteiger partial charge >= 0.3 is 0 Å². The summed E-state index contributed by atoms with van der Waals surface area (Å²) in [5.41, 5.74) is 0. The third-order valence-corrected chi connectivity index (χ3v) is 2.50.